The van der Waals surface area contributed by atoms with Gasteiger partial charge in [-0.1, -0.05) is 83.5 Å². The SMILES string of the molecule is CC(C(=O)c1ccccc1)C1(O)C(=O)N(CCc2ccccc2)c2ccc(Br)cc21. The Bertz CT molecular complexity index is 1080. The zero-order valence-corrected chi connectivity index (χ0v) is 18.2. The first kappa shape index (κ1) is 20.5. The summed E-state index contributed by atoms with van der Waals surface area (Å²) in [6, 6.07) is 24.1. The Kier molecular flexibility index (Phi) is 5.58. The average Bonchev–Trinajstić information content (AvgIpc) is 2.99. The first-order valence-corrected chi connectivity index (χ1v) is 10.7. The highest BCUT2D eigenvalue weighted by molar-refractivity contribution is 9.10. The molecule has 1 N–H and O–H groups in total. The van der Waals surface area contributed by atoms with E-state index < -0.39 is 17.4 Å². The van der Waals surface area contributed by atoms with Crippen molar-refractivity contribution in [2.24, 2.45) is 5.92 Å². The molecule has 0 aliphatic carbocycles. The molecule has 0 radical (unpaired) electrons. The molecule has 1 aliphatic heterocycles. The summed E-state index contributed by atoms with van der Waals surface area (Å²) in [6.07, 6.45) is 0.652. The van der Waals surface area contributed by atoms with Crippen molar-refractivity contribution in [1.82, 2.24) is 0 Å². The molecule has 1 aliphatic rings. The van der Waals surface area contributed by atoms with Crippen molar-refractivity contribution >= 4 is 33.3 Å². The van der Waals surface area contributed by atoms with E-state index in [1.807, 2.05) is 48.5 Å². The molecule has 2 atom stereocenters. The predicted octanol–water partition coefficient (Wildman–Crippen LogP) is 4.75. The van der Waals surface area contributed by atoms with Crippen molar-refractivity contribution in [2.75, 3.05) is 11.4 Å². The van der Waals surface area contributed by atoms with Crippen molar-refractivity contribution in [1.29, 1.82) is 0 Å². The summed E-state index contributed by atoms with van der Waals surface area (Å²) in [5, 5.41) is 11.7. The van der Waals surface area contributed by atoms with Gasteiger partial charge in [0.15, 0.2) is 11.4 Å². The van der Waals surface area contributed by atoms with Gasteiger partial charge in [0.2, 0.25) is 0 Å². The van der Waals surface area contributed by atoms with Crippen LogP contribution < -0.4 is 4.90 Å². The number of benzene rings is 3. The Labute approximate surface area is 184 Å². The fourth-order valence-electron chi connectivity index (χ4n) is 4.05. The summed E-state index contributed by atoms with van der Waals surface area (Å²) in [6.45, 7) is 2.05. The van der Waals surface area contributed by atoms with Crippen LogP contribution >= 0.6 is 15.9 Å². The number of fused-ring (bicyclic) bond motifs is 1. The van der Waals surface area contributed by atoms with Gasteiger partial charge < -0.3 is 10.0 Å². The maximum absolute atomic E-state index is 13.5. The van der Waals surface area contributed by atoms with Gasteiger partial charge in [-0.25, -0.2) is 0 Å². The molecule has 0 saturated carbocycles. The van der Waals surface area contributed by atoms with E-state index in [2.05, 4.69) is 15.9 Å². The number of nitrogens with zero attached hydrogens (tertiary/aromatic N) is 1. The molecule has 0 fully saturated rings. The molecule has 1 heterocycles. The predicted molar refractivity (Wildman–Crippen MR) is 120 cm³/mol. The molecule has 0 aromatic heterocycles. The van der Waals surface area contributed by atoms with E-state index in [1.54, 1.807) is 42.2 Å². The monoisotopic (exact) mass is 463 g/mol. The molecule has 152 valence electrons. The second-order valence-electron chi connectivity index (χ2n) is 7.57. The van der Waals surface area contributed by atoms with E-state index in [9.17, 15) is 14.7 Å². The molecule has 4 nitrogen and oxygen atoms in total. The van der Waals surface area contributed by atoms with Crippen molar-refractivity contribution in [2.45, 2.75) is 18.9 Å². The van der Waals surface area contributed by atoms with Crippen LogP contribution in [0.2, 0.25) is 0 Å². The lowest BCUT2D eigenvalue weighted by Gasteiger charge is -2.28. The van der Waals surface area contributed by atoms with Crippen molar-refractivity contribution in [3.05, 3.63) is 100 Å². The second kappa shape index (κ2) is 8.17. The van der Waals surface area contributed by atoms with E-state index in [1.165, 1.54) is 0 Å². The van der Waals surface area contributed by atoms with Crippen LogP contribution in [0.15, 0.2) is 83.3 Å². The zero-order chi connectivity index (χ0) is 21.3. The van der Waals surface area contributed by atoms with E-state index in [-0.39, 0.29) is 5.78 Å². The van der Waals surface area contributed by atoms with E-state index >= 15 is 0 Å². The number of amides is 1. The molecular formula is C25H22BrNO3. The van der Waals surface area contributed by atoms with Crippen LogP contribution in [0.5, 0.6) is 0 Å². The Balaban J connectivity index is 1.70. The number of anilines is 1. The average molecular weight is 464 g/mol. The summed E-state index contributed by atoms with van der Waals surface area (Å²) in [4.78, 5) is 28.2. The normalized spacial score (nSPS) is 18.9. The van der Waals surface area contributed by atoms with Crippen LogP contribution in [0.3, 0.4) is 0 Å². The van der Waals surface area contributed by atoms with Crippen LogP contribution in [-0.2, 0) is 16.8 Å². The van der Waals surface area contributed by atoms with Gasteiger partial charge in [-0.05, 0) is 30.2 Å². The molecular weight excluding hydrogens is 442 g/mol. The van der Waals surface area contributed by atoms with Crippen LogP contribution in [0.25, 0.3) is 0 Å². The minimum absolute atomic E-state index is 0.262. The second-order valence-corrected chi connectivity index (χ2v) is 8.49. The Morgan fingerprint density at radius 3 is 2.33 bits per heavy atom. The first-order valence-electron chi connectivity index (χ1n) is 9.90. The number of Topliss-reactive ketones (excluding diaryl/α,β-unsaturated/α-hetero) is 1. The summed E-state index contributed by atoms with van der Waals surface area (Å²) in [5.74, 6) is -1.65. The van der Waals surface area contributed by atoms with Crippen LogP contribution in [0.4, 0.5) is 5.69 Å². The van der Waals surface area contributed by atoms with Gasteiger partial charge in [0.25, 0.3) is 5.91 Å². The summed E-state index contributed by atoms with van der Waals surface area (Å²) < 4.78 is 0.747. The lowest BCUT2D eigenvalue weighted by atomic mass is 9.79. The minimum Gasteiger partial charge on any atom is -0.375 e. The Hall–Kier alpha value is -2.76. The maximum Gasteiger partial charge on any atom is 0.264 e. The largest absolute Gasteiger partial charge is 0.375 e. The quantitative estimate of drug-likeness (QED) is 0.536. The standard InChI is InChI=1S/C25H22BrNO3/c1-17(23(28)19-10-6-3-7-11-19)25(30)21-16-20(26)12-13-22(21)27(24(25)29)15-14-18-8-4-2-5-9-18/h2-13,16-17,30H,14-15H2,1H3. The van der Waals surface area contributed by atoms with Crippen molar-refractivity contribution in [3.8, 4) is 0 Å². The number of hydrogen-bond acceptors (Lipinski definition) is 3. The molecule has 4 rings (SSSR count). The van der Waals surface area contributed by atoms with E-state index in [0.29, 0.717) is 29.8 Å². The van der Waals surface area contributed by atoms with E-state index in [0.717, 1.165) is 10.0 Å². The topological polar surface area (TPSA) is 57.6 Å². The van der Waals surface area contributed by atoms with Gasteiger partial charge >= 0.3 is 0 Å². The molecule has 1 amide bonds. The summed E-state index contributed by atoms with van der Waals surface area (Å²) in [5.41, 5.74) is 0.780. The number of aliphatic hydroxyl groups is 1. The molecule has 30 heavy (non-hydrogen) atoms. The highest BCUT2D eigenvalue weighted by atomic mass is 79.9. The lowest BCUT2D eigenvalue weighted by molar-refractivity contribution is -0.139. The number of ketones is 1. The third kappa shape index (κ3) is 3.48. The molecule has 3 aromatic carbocycles. The third-order valence-corrected chi connectivity index (χ3v) is 6.27. The van der Waals surface area contributed by atoms with Gasteiger partial charge in [-0.3, -0.25) is 9.59 Å². The zero-order valence-electron chi connectivity index (χ0n) is 16.6. The molecule has 0 bridgehead atoms. The smallest absolute Gasteiger partial charge is 0.264 e. The number of hydrogen-bond donors (Lipinski definition) is 1. The van der Waals surface area contributed by atoms with Crippen LogP contribution in [-0.4, -0.2) is 23.3 Å². The fraction of sp³-hybridized carbons (Fsp3) is 0.200. The van der Waals surface area contributed by atoms with Gasteiger partial charge in [0, 0.05) is 22.1 Å². The van der Waals surface area contributed by atoms with Gasteiger partial charge in [-0.15, -0.1) is 0 Å². The maximum atomic E-state index is 13.5. The van der Waals surface area contributed by atoms with Crippen LogP contribution in [0.1, 0.15) is 28.4 Å². The number of halogens is 1. The van der Waals surface area contributed by atoms with E-state index in [4.69, 9.17) is 0 Å². The van der Waals surface area contributed by atoms with Crippen molar-refractivity contribution in [3.63, 3.8) is 0 Å². The number of carbonyl (C=O) groups is 2. The molecule has 3 aromatic rings. The number of rotatable bonds is 6. The molecule has 5 heteroatoms. The van der Waals surface area contributed by atoms with Crippen molar-refractivity contribution < 1.29 is 14.7 Å². The highest BCUT2D eigenvalue weighted by Crippen LogP contribution is 2.46. The molecule has 0 saturated heterocycles. The molecule has 0 spiro atoms. The van der Waals surface area contributed by atoms with Crippen LogP contribution in [0, 0.1) is 5.92 Å². The van der Waals surface area contributed by atoms with Gasteiger partial charge in [0.05, 0.1) is 11.6 Å². The number of carbonyl (C=O) groups excluding carboxylic acids is 2. The fourth-order valence-corrected chi connectivity index (χ4v) is 4.41. The Morgan fingerprint density at radius 2 is 1.67 bits per heavy atom. The lowest BCUT2D eigenvalue weighted by Crippen LogP contribution is -2.47. The van der Waals surface area contributed by atoms with Gasteiger partial charge in [-0.2, -0.15) is 0 Å². The van der Waals surface area contributed by atoms with Gasteiger partial charge in [0.1, 0.15) is 0 Å². The first-order chi connectivity index (χ1) is 14.4. The molecule has 2 unspecified atom stereocenters. The Morgan fingerprint density at radius 1 is 1.03 bits per heavy atom. The summed E-state index contributed by atoms with van der Waals surface area (Å²) in [7, 11) is 0. The highest BCUT2D eigenvalue weighted by Gasteiger charge is 2.55. The summed E-state index contributed by atoms with van der Waals surface area (Å²) >= 11 is 3.44. The minimum atomic E-state index is -1.91. The third-order valence-electron chi connectivity index (χ3n) is 5.78.